The van der Waals surface area contributed by atoms with Crippen LogP contribution in [0.2, 0.25) is 10.0 Å². The van der Waals surface area contributed by atoms with Crippen molar-refractivity contribution in [1.82, 2.24) is 0 Å². The van der Waals surface area contributed by atoms with E-state index in [0.29, 0.717) is 17.0 Å². The lowest BCUT2D eigenvalue weighted by Crippen LogP contribution is -2.07. The number of alkyl halides is 3. The molecular weight excluding hydrogens is 296 g/mol. The smallest absolute Gasteiger partial charge is 0.166 e. The van der Waals surface area contributed by atoms with E-state index in [9.17, 15) is 13.2 Å². The third-order valence-electron chi connectivity index (χ3n) is 2.69. The van der Waals surface area contributed by atoms with Crippen molar-refractivity contribution in [1.29, 1.82) is 0 Å². The van der Waals surface area contributed by atoms with Crippen molar-refractivity contribution in [3.05, 3.63) is 69.2 Å². The zero-order chi connectivity index (χ0) is 14.0. The quantitative estimate of drug-likeness (QED) is 0.677. The van der Waals surface area contributed by atoms with Crippen LogP contribution in [0.25, 0.3) is 0 Å². The molecule has 0 fully saturated rings. The van der Waals surface area contributed by atoms with Gasteiger partial charge in [0.2, 0.25) is 0 Å². The summed E-state index contributed by atoms with van der Waals surface area (Å²) in [6.45, 7) is 0. The number of rotatable bonds is 2. The van der Waals surface area contributed by atoms with Crippen molar-refractivity contribution < 1.29 is 13.2 Å². The van der Waals surface area contributed by atoms with E-state index in [4.69, 9.17) is 23.2 Å². The van der Waals surface area contributed by atoms with Gasteiger partial charge in [-0.25, -0.2) is 0 Å². The molecule has 0 bridgehead atoms. The van der Waals surface area contributed by atoms with E-state index in [1.54, 1.807) is 30.3 Å². The van der Waals surface area contributed by atoms with Crippen molar-refractivity contribution in [2.75, 3.05) is 0 Å². The van der Waals surface area contributed by atoms with Crippen molar-refractivity contribution in [3.63, 3.8) is 0 Å². The SMILES string of the molecule is FC(F)(F)c1cccc(Cc2ccc(Cl)cc2)c1Cl. The molecule has 0 N–H and O–H groups in total. The van der Waals surface area contributed by atoms with Crippen LogP contribution in [0.4, 0.5) is 13.2 Å². The molecule has 0 unspecified atom stereocenters. The Morgan fingerprint density at radius 3 is 2.11 bits per heavy atom. The number of hydrogen-bond donors (Lipinski definition) is 0. The van der Waals surface area contributed by atoms with Gasteiger partial charge in [0.1, 0.15) is 0 Å². The van der Waals surface area contributed by atoms with Crippen LogP contribution in [0.1, 0.15) is 16.7 Å². The maximum Gasteiger partial charge on any atom is 0.417 e. The lowest BCUT2D eigenvalue weighted by atomic mass is 10.0. The highest BCUT2D eigenvalue weighted by Crippen LogP contribution is 2.36. The second-order valence-electron chi connectivity index (χ2n) is 4.08. The van der Waals surface area contributed by atoms with E-state index in [2.05, 4.69) is 0 Å². The molecule has 0 atom stereocenters. The molecule has 2 rings (SSSR count). The van der Waals surface area contributed by atoms with E-state index in [0.717, 1.165) is 11.6 Å². The summed E-state index contributed by atoms with van der Waals surface area (Å²) in [5.41, 5.74) is 0.491. The van der Waals surface area contributed by atoms with Gasteiger partial charge in [0.15, 0.2) is 0 Å². The molecule has 0 spiro atoms. The molecular formula is C14H9Cl2F3. The number of hydrogen-bond acceptors (Lipinski definition) is 0. The first-order chi connectivity index (χ1) is 8.88. The molecule has 2 aromatic rings. The monoisotopic (exact) mass is 304 g/mol. The molecule has 0 heterocycles. The molecule has 5 heteroatoms. The molecule has 0 aliphatic rings. The van der Waals surface area contributed by atoms with Crippen LogP contribution in [-0.2, 0) is 12.6 Å². The van der Waals surface area contributed by atoms with Crippen molar-refractivity contribution >= 4 is 23.2 Å². The molecule has 0 aliphatic heterocycles. The average Bonchev–Trinajstić information content (AvgIpc) is 2.33. The highest BCUT2D eigenvalue weighted by molar-refractivity contribution is 6.32. The largest absolute Gasteiger partial charge is 0.417 e. The summed E-state index contributed by atoms with van der Waals surface area (Å²) in [6.07, 6.45) is -4.10. The average molecular weight is 305 g/mol. The molecule has 19 heavy (non-hydrogen) atoms. The van der Waals surface area contributed by atoms with E-state index < -0.39 is 11.7 Å². The molecule has 0 aromatic heterocycles. The second-order valence-corrected chi connectivity index (χ2v) is 4.89. The summed E-state index contributed by atoms with van der Waals surface area (Å²) in [7, 11) is 0. The van der Waals surface area contributed by atoms with Crippen molar-refractivity contribution in [2.45, 2.75) is 12.6 Å². The Morgan fingerprint density at radius 2 is 1.53 bits per heavy atom. The lowest BCUT2D eigenvalue weighted by Gasteiger charge is -2.12. The van der Waals surface area contributed by atoms with Crippen molar-refractivity contribution in [2.24, 2.45) is 0 Å². The lowest BCUT2D eigenvalue weighted by molar-refractivity contribution is -0.137. The van der Waals surface area contributed by atoms with Crippen LogP contribution in [0, 0.1) is 0 Å². The molecule has 0 aliphatic carbocycles. The van der Waals surface area contributed by atoms with E-state index in [1.165, 1.54) is 6.07 Å². The third-order valence-corrected chi connectivity index (χ3v) is 3.39. The van der Waals surface area contributed by atoms with Crippen LogP contribution in [0.3, 0.4) is 0 Å². The molecule has 0 saturated carbocycles. The normalized spacial score (nSPS) is 11.6. The second kappa shape index (κ2) is 5.43. The Bertz CT molecular complexity index is 574. The zero-order valence-electron chi connectivity index (χ0n) is 9.64. The molecule has 0 amide bonds. The van der Waals surface area contributed by atoms with Crippen LogP contribution in [-0.4, -0.2) is 0 Å². The Balaban J connectivity index is 2.33. The van der Waals surface area contributed by atoms with Crippen LogP contribution in [0.5, 0.6) is 0 Å². The molecule has 0 radical (unpaired) electrons. The molecule has 0 saturated heterocycles. The summed E-state index contributed by atoms with van der Waals surface area (Å²) < 4.78 is 38.2. The van der Waals surface area contributed by atoms with Gasteiger partial charge in [-0.1, -0.05) is 47.5 Å². The van der Waals surface area contributed by atoms with Gasteiger partial charge in [-0.15, -0.1) is 0 Å². The Labute approximate surface area is 118 Å². The first-order valence-corrected chi connectivity index (χ1v) is 6.22. The van der Waals surface area contributed by atoms with Gasteiger partial charge in [0, 0.05) is 5.02 Å². The first kappa shape index (κ1) is 14.2. The van der Waals surface area contributed by atoms with E-state index in [-0.39, 0.29) is 5.02 Å². The summed E-state index contributed by atoms with van der Waals surface area (Å²) in [5, 5.41) is 0.337. The van der Waals surface area contributed by atoms with Crippen LogP contribution >= 0.6 is 23.2 Å². The predicted octanol–water partition coefficient (Wildman–Crippen LogP) is 5.60. The molecule has 0 nitrogen and oxygen atoms in total. The van der Waals surface area contributed by atoms with Gasteiger partial charge in [-0.2, -0.15) is 13.2 Å². The van der Waals surface area contributed by atoms with Crippen LogP contribution in [0.15, 0.2) is 42.5 Å². The van der Waals surface area contributed by atoms with Gasteiger partial charge in [0.05, 0.1) is 10.6 Å². The van der Waals surface area contributed by atoms with E-state index in [1.807, 2.05) is 0 Å². The maximum absolute atomic E-state index is 12.7. The summed E-state index contributed by atoms with van der Waals surface area (Å²) >= 11 is 11.6. The highest BCUT2D eigenvalue weighted by Gasteiger charge is 2.33. The standard InChI is InChI=1S/C14H9Cl2F3/c15-11-6-4-9(5-7-11)8-10-2-1-3-12(13(10)16)14(17,18)19/h1-7H,8H2. The van der Waals surface area contributed by atoms with E-state index >= 15 is 0 Å². The fraction of sp³-hybridized carbons (Fsp3) is 0.143. The highest BCUT2D eigenvalue weighted by atomic mass is 35.5. The fourth-order valence-corrected chi connectivity index (χ4v) is 2.18. The topological polar surface area (TPSA) is 0 Å². The minimum atomic E-state index is -4.44. The molecule has 2 aromatic carbocycles. The van der Waals surface area contributed by atoms with Crippen molar-refractivity contribution in [3.8, 4) is 0 Å². The number of halogens is 5. The Kier molecular flexibility index (Phi) is 4.07. The first-order valence-electron chi connectivity index (χ1n) is 5.47. The fourth-order valence-electron chi connectivity index (χ4n) is 1.76. The summed E-state index contributed by atoms with van der Waals surface area (Å²) in [5.74, 6) is 0. The minimum Gasteiger partial charge on any atom is -0.166 e. The van der Waals surface area contributed by atoms with Gasteiger partial charge in [-0.3, -0.25) is 0 Å². The number of benzene rings is 2. The molecule has 100 valence electrons. The van der Waals surface area contributed by atoms with Gasteiger partial charge >= 0.3 is 6.18 Å². The van der Waals surface area contributed by atoms with Gasteiger partial charge in [0.25, 0.3) is 0 Å². The summed E-state index contributed by atoms with van der Waals surface area (Å²) in [6, 6.07) is 10.8. The third kappa shape index (κ3) is 3.43. The van der Waals surface area contributed by atoms with Crippen LogP contribution < -0.4 is 0 Å². The van der Waals surface area contributed by atoms with Gasteiger partial charge in [-0.05, 0) is 35.7 Å². The minimum absolute atomic E-state index is 0.245. The van der Waals surface area contributed by atoms with Gasteiger partial charge < -0.3 is 0 Å². The Morgan fingerprint density at radius 1 is 0.895 bits per heavy atom. The predicted molar refractivity (Wildman–Crippen MR) is 70.7 cm³/mol. The Hall–Kier alpha value is -1.19. The maximum atomic E-state index is 12.7. The summed E-state index contributed by atoms with van der Waals surface area (Å²) in [4.78, 5) is 0. The zero-order valence-corrected chi connectivity index (χ0v) is 11.2.